The highest BCUT2D eigenvalue weighted by molar-refractivity contribution is 6.31. The van der Waals surface area contributed by atoms with E-state index in [9.17, 15) is 9.59 Å². The summed E-state index contributed by atoms with van der Waals surface area (Å²) < 4.78 is 5.93. The van der Waals surface area contributed by atoms with Crippen molar-refractivity contribution in [1.82, 2.24) is 0 Å². The quantitative estimate of drug-likeness (QED) is 0.166. The van der Waals surface area contributed by atoms with Gasteiger partial charge in [-0.3, -0.25) is 9.59 Å². The van der Waals surface area contributed by atoms with Gasteiger partial charge in [0.15, 0.2) is 11.6 Å². The molecule has 2 N–H and O–H groups in total. The molecular weight excluding hydrogens is 472 g/mol. The molecule has 0 radical (unpaired) electrons. The minimum Gasteiger partial charge on any atom is -0.384 e. The minimum absolute atomic E-state index is 0.0797. The predicted octanol–water partition coefficient (Wildman–Crippen LogP) is 8.13. The number of hydrogen-bond donors (Lipinski definition) is 2. The highest BCUT2D eigenvalue weighted by atomic mass is 16.5. The molecule has 0 fully saturated rings. The molecule has 0 heterocycles. The maximum atomic E-state index is 13.7. The number of hydrogen-bond acceptors (Lipinski definition) is 5. The molecule has 2 unspecified atom stereocenters. The smallest absolute Gasteiger partial charge is 0.196 e. The van der Waals surface area contributed by atoms with Crippen LogP contribution in [0.15, 0.2) is 36.4 Å². The Bertz CT molecular complexity index is 1050. The molecule has 0 aliphatic heterocycles. The first kappa shape index (κ1) is 29.9. The van der Waals surface area contributed by atoms with Gasteiger partial charge in [-0.1, -0.05) is 90.5 Å². The molecule has 2 aromatic rings. The van der Waals surface area contributed by atoms with E-state index < -0.39 is 0 Å². The van der Waals surface area contributed by atoms with Crippen molar-refractivity contribution in [2.45, 2.75) is 85.5 Å². The number of anilines is 2. The van der Waals surface area contributed by atoms with Crippen molar-refractivity contribution in [3.8, 4) is 0 Å². The number of nitrogens with one attached hydrogen (secondary N) is 2. The minimum atomic E-state index is -0.0858. The fraction of sp³-hybridized carbons (Fsp3) is 0.576. The van der Waals surface area contributed by atoms with E-state index in [1.165, 1.54) is 38.5 Å². The fourth-order valence-corrected chi connectivity index (χ4v) is 5.28. The molecule has 0 bridgehead atoms. The van der Waals surface area contributed by atoms with E-state index in [0.717, 1.165) is 43.8 Å². The summed E-state index contributed by atoms with van der Waals surface area (Å²) in [5.41, 5.74) is 3.46. The summed E-state index contributed by atoms with van der Waals surface area (Å²) in [7, 11) is 0. The summed E-state index contributed by atoms with van der Waals surface area (Å²) in [6, 6.07) is 11.1. The van der Waals surface area contributed by atoms with Gasteiger partial charge in [-0.2, -0.15) is 0 Å². The summed E-state index contributed by atoms with van der Waals surface area (Å²) in [6.07, 6.45) is 10.4. The standard InChI is InChI=1S/C33H48N2O3/c1-5-9-14-24(7-3)22-35-29-19-12-17-27-31(29)33(37)26-16-11-18-28(30(26)32(27)36)34-20-13-21-38-23-25(8-4)15-10-6-2/h11-12,16-19,24-25,34-35H,5-10,13-15,20-23H2,1-4H3. The van der Waals surface area contributed by atoms with Gasteiger partial charge in [0.2, 0.25) is 0 Å². The lowest BCUT2D eigenvalue weighted by molar-refractivity contribution is 0.0937. The molecule has 1 aliphatic carbocycles. The van der Waals surface area contributed by atoms with Crippen molar-refractivity contribution in [2.24, 2.45) is 11.8 Å². The Labute approximate surface area is 230 Å². The summed E-state index contributed by atoms with van der Waals surface area (Å²) in [4.78, 5) is 27.3. The number of fused-ring (bicyclic) bond motifs is 2. The first-order chi connectivity index (χ1) is 18.5. The van der Waals surface area contributed by atoms with E-state index in [4.69, 9.17) is 4.74 Å². The van der Waals surface area contributed by atoms with Crippen LogP contribution in [0.5, 0.6) is 0 Å². The van der Waals surface area contributed by atoms with Crippen LogP contribution >= 0.6 is 0 Å². The number of ether oxygens (including phenoxy) is 1. The summed E-state index contributed by atoms with van der Waals surface area (Å²) >= 11 is 0. The molecule has 5 heteroatoms. The number of benzene rings is 2. The van der Waals surface area contributed by atoms with Crippen LogP contribution in [0.3, 0.4) is 0 Å². The molecule has 0 aromatic heterocycles. The highest BCUT2D eigenvalue weighted by Gasteiger charge is 2.33. The van der Waals surface area contributed by atoms with Crippen LogP contribution < -0.4 is 10.6 Å². The Morgan fingerprint density at radius 1 is 0.711 bits per heavy atom. The molecule has 3 rings (SSSR count). The number of carbonyl (C=O) groups excluding carboxylic acids is 2. The van der Waals surface area contributed by atoms with Crippen molar-refractivity contribution in [2.75, 3.05) is 36.9 Å². The van der Waals surface area contributed by atoms with Gasteiger partial charge in [0.1, 0.15) is 0 Å². The maximum absolute atomic E-state index is 13.7. The number of ketones is 2. The lowest BCUT2D eigenvalue weighted by Crippen LogP contribution is -2.25. The van der Waals surface area contributed by atoms with E-state index in [2.05, 4.69) is 38.3 Å². The third-order valence-corrected chi connectivity index (χ3v) is 7.87. The van der Waals surface area contributed by atoms with E-state index >= 15 is 0 Å². The second kappa shape index (κ2) is 15.7. The van der Waals surface area contributed by atoms with E-state index in [1.807, 2.05) is 24.3 Å². The molecule has 0 amide bonds. The second-order valence-corrected chi connectivity index (χ2v) is 10.7. The van der Waals surface area contributed by atoms with Crippen molar-refractivity contribution in [3.63, 3.8) is 0 Å². The number of carbonyl (C=O) groups is 2. The average Bonchev–Trinajstić information content (AvgIpc) is 2.94. The molecule has 5 nitrogen and oxygen atoms in total. The molecule has 0 saturated carbocycles. The van der Waals surface area contributed by atoms with Crippen LogP contribution in [0, 0.1) is 11.8 Å². The van der Waals surface area contributed by atoms with E-state index in [1.54, 1.807) is 12.1 Å². The average molecular weight is 521 g/mol. The van der Waals surface area contributed by atoms with Crippen molar-refractivity contribution >= 4 is 22.9 Å². The Balaban J connectivity index is 1.64. The van der Waals surface area contributed by atoms with Crippen LogP contribution in [0.25, 0.3) is 0 Å². The Morgan fingerprint density at radius 2 is 1.26 bits per heavy atom. The largest absolute Gasteiger partial charge is 0.384 e. The molecule has 208 valence electrons. The number of unbranched alkanes of at least 4 members (excludes halogenated alkanes) is 2. The third-order valence-electron chi connectivity index (χ3n) is 7.87. The van der Waals surface area contributed by atoms with E-state index in [-0.39, 0.29) is 11.6 Å². The van der Waals surface area contributed by atoms with Gasteiger partial charge >= 0.3 is 0 Å². The first-order valence-corrected chi connectivity index (χ1v) is 15.0. The molecule has 2 aromatic carbocycles. The summed E-state index contributed by atoms with van der Waals surface area (Å²) in [5, 5.41) is 6.91. The first-order valence-electron chi connectivity index (χ1n) is 15.0. The van der Waals surface area contributed by atoms with Gasteiger partial charge in [-0.25, -0.2) is 0 Å². The Kier molecular flexibility index (Phi) is 12.3. The molecule has 38 heavy (non-hydrogen) atoms. The van der Waals surface area contributed by atoms with Crippen LogP contribution in [0.4, 0.5) is 11.4 Å². The zero-order chi connectivity index (χ0) is 27.3. The molecule has 1 aliphatic rings. The lowest BCUT2D eigenvalue weighted by Gasteiger charge is -2.24. The Hall–Kier alpha value is -2.66. The topological polar surface area (TPSA) is 67.4 Å². The van der Waals surface area contributed by atoms with Crippen LogP contribution in [0.1, 0.15) is 117 Å². The predicted molar refractivity (Wildman–Crippen MR) is 159 cm³/mol. The monoisotopic (exact) mass is 520 g/mol. The maximum Gasteiger partial charge on any atom is 0.196 e. The number of rotatable bonds is 18. The SMILES string of the molecule is CCCCC(CC)CNc1cccc2c1C(=O)c1cccc(NCCCOCC(CC)CCCC)c1C2=O. The van der Waals surface area contributed by atoms with Crippen molar-refractivity contribution in [1.29, 1.82) is 0 Å². The lowest BCUT2D eigenvalue weighted by atomic mass is 9.82. The van der Waals surface area contributed by atoms with Gasteiger partial charge in [-0.05, 0) is 43.2 Å². The third kappa shape index (κ3) is 7.69. The molecular formula is C33H48N2O3. The second-order valence-electron chi connectivity index (χ2n) is 10.7. The summed E-state index contributed by atoms with van der Waals surface area (Å²) in [6.45, 7) is 11.9. The summed E-state index contributed by atoms with van der Waals surface area (Å²) in [5.74, 6) is 1.02. The zero-order valence-electron chi connectivity index (χ0n) is 24.0. The van der Waals surface area contributed by atoms with Crippen LogP contribution in [-0.2, 0) is 4.74 Å². The van der Waals surface area contributed by atoms with E-state index in [0.29, 0.717) is 47.2 Å². The van der Waals surface area contributed by atoms with Gasteiger partial charge in [0, 0.05) is 48.8 Å². The Morgan fingerprint density at radius 3 is 1.82 bits per heavy atom. The van der Waals surface area contributed by atoms with Gasteiger partial charge in [-0.15, -0.1) is 0 Å². The van der Waals surface area contributed by atoms with Gasteiger partial charge in [0.05, 0.1) is 11.1 Å². The van der Waals surface area contributed by atoms with Crippen LogP contribution in [0.2, 0.25) is 0 Å². The van der Waals surface area contributed by atoms with Gasteiger partial charge < -0.3 is 15.4 Å². The molecule has 2 atom stereocenters. The normalized spacial score (nSPS) is 14.1. The highest BCUT2D eigenvalue weighted by Crippen LogP contribution is 2.35. The fourth-order valence-electron chi connectivity index (χ4n) is 5.28. The van der Waals surface area contributed by atoms with Crippen LogP contribution in [-0.4, -0.2) is 37.9 Å². The molecule has 0 spiro atoms. The van der Waals surface area contributed by atoms with Crippen molar-refractivity contribution in [3.05, 3.63) is 58.7 Å². The van der Waals surface area contributed by atoms with Gasteiger partial charge in [0.25, 0.3) is 0 Å². The molecule has 0 saturated heterocycles. The zero-order valence-corrected chi connectivity index (χ0v) is 24.0. The van der Waals surface area contributed by atoms with Crippen molar-refractivity contribution < 1.29 is 14.3 Å².